The fourth-order valence-electron chi connectivity index (χ4n) is 1.96. The molecule has 1 heterocycles. The molecule has 0 aromatic carbocycles. The number of aryl methyl sites for hydroxylation is 1. The van der Waals surface area contributed by atoms with Crippen LogP contribution in [0.5, 0.6) is 0 Å². The van der Waals surface area contributed by atoms with Crippen molar-refractivity contribution in [3.63, 3.8) is 0 Å². The van der Waals surface area contributed by atoms with Gasteiger partial charge in [-0.15, -0.1) is 0 Å². The third-order valence-corrected chi connectivity index (χ3v) is 3.32. The fourth-order valence-corrected chi connectivity index (χ4v) is 1.96. The van der Waals surface area contributed by atoms with E-state index in [4.69, 9.17) is 10.3 Å². The second kappa shape index (κ2) is 6.56. The number of carbonyl (C=O) groups is 1. The first kappa shape index (κ1) is 14.7. The van der Waals surface area contributed by atoms with Crippen LogP contribution < -0.4 is 11.3 Å². The van der Waals surface area contributed by atoms with Crippen LogP contribution in [0.1, 0.15) is 49.1 Å². The number of nitrogen functional groups attached to an aromatic ring is 1. The number of amides is 1. The largest absolute Gasteiger partial charge is 0.464 e. The Bertz CT molecular complexity index is 401. The molecular weight excluding hydrogens is 230 g/mol. The van der Waals surface area contributed by atoms with E-state index in [1.165, 1.54) is 0 Å². The Morgan fingerprint density at radius 3 is 2.72 bits per heavy atom. The molecule has 0 saturated carbocycles. The maximum Gasteiger partial charge on any atom is 0.268 e. The molecule has 0 aliphatic carbocycles. The molecule has 0 bridgehead atoms. The Morgan fingerprint density at radius 1 is 1.56 bits per heavy atom. The van der Waals surface area contributed by atoms with Gasteiger partial charge in [-0.25, -0.2) is 5.84 Å². The number of nitrogens with one attached hydrogen (secondary N) is 1. The minimum absolute atomic E-state index is 0.311. The maximum atomic E-state index is 11.5. The summed E-state index contributed by atoms with van der Waals surface area (Å²) in [5.41, 5.74) is 2.63. The molecule has 0 radical (unpaired) electrons. The van der Waals surface area contributed by atoms with E-state index in [1.807, 2.05) is 0 Å². The molecule has 1 atom stereocenters. The van der Waals surface area contributed by atoms with E-state index in [-0.39, 0.29) is 5.91 Å². The van der Waals surface area contributed by atoms with Gasteiger partial charge in [0.1, 0.15) is 11.5 Å². The molecule has 3 N–H and O–H groups in total. The van der Waals surface area contributed by atoms with Crippen molar-refractivity contribution in [2.24, 2.45) is 5.84 Å². The third kappa shape index (κ3) is 3.34. The minimum Gasteiger partial charge on any atom is -0.464 e. The molecule has 1 unspecified atom stereocenters. The summed E-state index contributed by atoms with van der Waals surface area (Å²) in [4.78, 5) is 13.8. The highest BCUT2D eigenvalue weighted by Crippen LogP contribution is 2.17. The van der Waals surface area contributed by atoms with Crippen molar-refractivity contribution in [1.82, 2.24) is 10.3 Å². The number of carbonyl (C=O) groups excluding carboxylic acids is 1. The topological polar surface area (TPSA) is 71.5 Å². The fraction of sp³-hybridized carbons (Fsp3) is 0.615. The molecule has 5 heteroatoms. The average Bonchev–Trinajstić information content (AvgIpc) is 2.75. The predicted octanol–water partition coefficient (Wildman–Crippen LogP) is 1.81. The summed E-state index contributed by atoms with van der Waals surface area (Å²) in [6.45, 7) is 9.90. The number of hydrogen-bond donors (Lipinski definition) is 2. The Morgan fingerprint density at radius 2 is 2.22 bits per heavy atom. The van der Waals surface area contributed by atoms with Gasteiger partial charge in [0.25, 0.3) is 5.91 Å². The van der Waals surface area contributed by atoms with Crippen molar-refractivity contribution in [2.75, 3.05) is 6.54 Å². The zero-order chi connectivity index (χ0) is 13.7. The van der Waals surface area contributed by atoms with Gasteiger partial charge in [0, 0.05) is 6.04 Å². The average molecular weight is 253 g/mol. The summed E-state index contributed by atoms with van der Waals surface area (Å²) in [6, 6.07) is 2.26. The molecule has 1 rings (SSSR count). The molecule has 5 nitrogen and oxygen atoms in total. The Hall–Kier alpha value is -1.33. The van der Waals surface area contributed by atoms with Gasteiger partial charge in [-0.3, -0.25) is 15.1 Å². The molecule has 0 spiro atoms. The molecule has 1 aromatic rings. The second-order valence-electron chi connectivity index (χ2n) is 4.48. The van der Waals surface area contributed by atoms with Crippen molar-refractivity contribution >= 4 is 5.91 Å². The molecule has 102 valence electrons. The molecule has 0 aliphatic rings. The number of rotatable bonds is 6. The van der Waals surface area contributed by atoms with Crippen LogP contribution in [-0.4, -0.2) is 23.4 Å². The van der Waals surface area contributed by atoms with E-state index < -0.39 is 0 Å². The van der Waals surface area contributed by atoms with Crippen molar-refractivity contribution in [3.05, 3.63) is 23.2 Å². The summed E-state index contributed by atoms with van der Waals surface area (Å²) < 4.78 is 5.61. The van der Waals surface area contributed by atoms with E-state index in [9.17, 15) is 4.79 Å². The Kier molecular flexibility index (Phi) is 5.37. The molecule has 0 saturated heterocycles. The number of hydrogen-bond acceptors (Lipinski definition) is 4. The van der Waals surface area contributed by atoms with Crippen LogP contribution in [0.25, 0.3) is 0 Å². The third-order valence-electron chi connectivity index (χ3n) is 3.32. The summed E-state index contributed by atoms with van der Waals surface area (Å²) >= 11 is 0. The first-order chi connectivity index (χ1) is 8.53. The summed E-state index contributed by atoms with van der Waals surface area (Å²) in [5, 5.41) is 0. The van der Waals surface area contributed by atoms with Crippen molar-refractivity contribution in [3.8, 4) is 0 Å². The highest BCUT2D eigenvalue weighted by molar-refractivity contribution is 5.94. The summed E-state index contributed by atoms with van der Waals surface area (Å²) in [7, 11) is 0. The van der Waals surface area contributed by atoms with Crippen LogP contribution in [-0.2, 0) is 6.54 Å². The van der Waals surface area contributed by atoms with Gasteiger partial charge >= 0.3 is 0 Å². The molecule has 18 heavy (non-hydrogen) atoms. The monoisotopic (exact) mass is 253 g/mol. The standard InChI is InChI=1S/C13H23N3O2/c1-5-9(3)16(6-2)8-11-7-12(10(4)18-11)13(17)15-14/h7,9H,5-6,8,14H2,1-4H3,(H,15,17). The van der Waals surface area contributed by atoms with Crippen LogP contribution in [0, 0.1) is 6.92 Å². The number of furan rings is 1. The number of nitrogens with two attached hydrogens (primary N) is 1. The molecular formula is C13H23N3O2. The predicted molar refractivity (Wildman–Crippen MR) is 70.9 cm³/mol. The van der Waals surface area contributed by atoms with Crippen LogP contribution in [0.4, 0.5) is 0 Å². The van der Waals surface area contributed by atoms with E-state index in [0.29, 0.717) is 23.9 Å². The number of nitrogens with zero attached hydrogens (tertiary/aromatic N) is 1. The highest BCUT2D eigenvalue weighted by atomic mass is 16.3. The first-order valence-corrected chi connectivity index (χ1v) is 6.37. The quantitative estimate of drug-likeness (QED) is 0.461. The van der Waals surface area contributed by atoms with Crippen LogP contribution in [0.3, 0.4) is 0 Å². The maximum absolute atomic E-state index is 11.5. The zero-order valence-corrected chi connectivity index (χ0v) is 11.6. The van der Waals surface area contributed by atoms with Crippen LogP contribution >= 0.6 is 0 Å². The van der Waals surface area contributed by atoms with Gasteiger partial charge in [0.15, 0.2) is 0 Å². The van der Waals surface area contributed by atoms with E-state index in [0.717, 1.165) is 18.7 Å². The molecule has 1 aromatic heterocycles. The van der Waals surface area contributed by atoms with Gasteiger partial charge in [-0.2, -0.15) is 0 Å². The zero-order valence-electron chi connectivity index (χ0n) is 11.6. The molecule has 0 fully saturated rings. The summed E-state index contributed by atoms with van der Waals surface area (Å²) in [5.74, 6) is 6.22. The lowest BCUT2D eigenvalue weighted by Crippen LogP contribution is -2.31. The SMILES string of the molecule is CCC(C)N(CC)Cc1cc(C(=O)NN)c(C)o1. The lowest BCUT2D eigenvalue weighted by Gasteiger charge is -2.25. The molecule has 0 aliphatic heterocycles. The number of hydrazine groups is 1. The smallest absolute Gasteiger partial charge is 0.268 e. The van der Waals surface area contributed by atoms with Crippen LogP contribution in [0.2, 0.25) is 0 Å². The lowest BCUT2D eigenvalue weighted by atomic mass is 10.2. The van der Waals surface area contributed by atoms with Crippen molar-refractivity contribution in [1.29, 1.82) is 0 Å². The van der Waals surface area contributed by atoms with Crippen LogP contribution in [0.15, 0.2) is 10.5 Å². The van der Waals surface area contributed by atoms with Crippen molar-refractivity contribution in [2.45, 2.75) is 46.7 Å². The van der Waals surface area contributed by atoms with Gasteiger partial charge in [0.05, 0.1) is 12.1 Å². The van der Waals surface area contributed by atoms with E-state index in [1.54, 1.807) is 13.0 Å². The second-order valence-corrected chi connectivity index (χ2v) is 4.48. The highest BCUT2D eigenvalue weighted by Gasteiger charge is 2.17. The molecule has 1 amide bonds. The van der Waals surface area contributed by atoms with E-state index in [2.05, 4.69) is 31.1 Å². The van der Waals surface area contributed by atoms with Gasteiger partial charge < -0.3 is 4.42 Å². The summed E-state index contributed by atoms with van der Waals surface area (Å²) in [6.07, 6.45) is 1.09. The Balaban J connectivity index is 2.82. The minimum atomic E-state index is -0.311. The normalized spacial score (nSPS) is 12.8. The van der Waals surface area contributed by atoms with Crippen molar-refractivity contribution < 1.29 is 9.21 Å². The van der Waals surface area contributed by atoms with Gasteiger partial charge in [0.2, 0.25) is 0 Å². The van der Waals surface area contributed by atoms with Gasteiger partial charge in [-0.05, 0) is 32.9 Å². The Labute approximate surface area is 108 Å². The van der Waals surface area contributed by atoms with Gasteiger partial charge in [-0.1, -0.05) is 13.8 Å². The van der Waals surface area contributed by atoms with E-state index >= 15 is 0 Å². The lowest BCUT2D eigenvalue weighted by molar-refractivity contribution is 0.0952. The first-order valence-electron chi connectivity index (χ1n) is 6.37.